The number of fused-ring (bicyclic) bond motifs is 7. The first kappa shape index (κ1) is 45.1. The third-order valence-corrected chi connectivity index (χ3v) is 14.0. The maximum atomic E-state index is 14.4. The van der Waals surface area contributed by atoms with Crippen molar-refractivity contribution in [3.05, 3.63) is 130 Å². The molecule has 0 aliphatic carbocycles. The van der Waals surface area contributed by atoms with Crippen LogP contribution in [0.3, 0.4) is 0 Å². The fourth-order valence-electron chi connectivity index (χ4n) is 8.43. The first-order chi connectivity index (χ1) is 31.9. The number of piperazine rings is 1. The van der Waals surface area contributed by atoms with Crippen LogP contribution in [-0.2, 0) is 17.8 Å². The molecule has 4 aromatic carbocycles. The molecule has 4 bridgehead atoms. The summed E-state index contributed by atoms with van der Waals surface area (Å²) in [5.41, 5.74) is 5.97. The molecule has 2 atom stereocenters. The Bertz CT molecular complexity index is 2900. The Hall–Kier alpha value is -6.03. The van der Waals surface area contributed by atoms with E-state index in [9.17, 15) is 14.3 Å². The lowest BCUT2D eigenvalue weighted by atomic mass is 9.92. The van der Waals surface area contributed by atoms with Crippen molar-refractivity contribution in [1.82, 2.24) is 24.8 Å². The molecule has 16 heteroatoms. The van der Waals surface area contributed by atoms with Gasteiger partial charge in [-0.2, -0.15) is 0 Å². The fraction of sp³-hybridized carbons (Fsp3) is 0.280. The van der Waals surface area contributed by atoms with Gasteiger partial charge in [0.15, 0.2) is 5.75 Å². The number of nitrogens with zero attached hydrogens (tertiary/aromatic N) is 5. The number of carbonyl (C=O) groups is 1. The van der Waals surface area contributed by atoms with E-state index in [-0.39, 0.29) is 25.5 Å². The summed E-state index contributed by atoms with van der Waals surface area (Å²) in [6, 6.07) is 24.7. The molecular formula is C50H46Cl2FN5O7S. The van der Waals surface area contributed by atoms with Crippen LogP contribution in [0, 0.1) is 19.7 Å². The van der Waals surface area contributed by atoms with Crippen LogP contribution in [0.5, 0.6) is 28.9 Å². The summed E-state index contributed by atoms with van der Waals surface area (Å²) in [6.07, 6.45) is -0.801. The van der Waals surface area contributed by atoms with Crippen molar-refractivity contribution >= 4 is 50.7 Å². The molecule has 1 fully saturated rings. The zero-order valence-electron chi connectivity index (χ0n) is 36.6. The summed E-state index contributed by atoms with van der Waals surface area (Å²) >= 11 is 16.0. The molecular weight excluding hydrogens is 905 g/mol. The van der Waals surface area contributed by atoms with Crippen molar-refractivity contribution in [3.63, 3.8) is 0 Å². The van der Waals surface area contributed by atoms with E-state index in [2.05, 4.69) is 26.8 Å². The van der Waals surface area contributed by atoms with Crippen LogP contribution in [0.15, 0.2) is 91.3 Å². The van der Waals surface area contributed by atoms with Gasteiger partial charge >= 0.3 is 5.97 Å². The van der Waals surface area contributed by atoms with Crippen LogP contribution in [-0.4, -0.2) is 102 Å². The molecule has 66 heavy (non-hydrogen) atoms. The monoisotopic (exact) mass is 949 g/mol. The third kappa shape index (κ3) is 9.33. The van der Waals surface area contributed by atoms with Crippen molar-refractivity contribution in [2.75, 3.05) is 53.5 Å². The SMILES string of the molecule is COc1ccccc1-c1cccc(COc2ccc3cc2C[C@H](C(=O)O)Oc2ncnc4sc(-c5ccc(F)cc5)c(c24)-c2c(C)c(Cl)c(c(Cl)c2C)O[C@H](CN2CCN(C)CC2)CO3)n1. The minimum absolute atomic E-state index is 0.0298. The first-order valence-corrected chi connectivity index (χ1v) is 23.0. The summed E-state index contributed by atoms with van der Waals surface area (Å²) in [4.78, 5) is 33.2. The number of halogens is 3. The molecule has 10 rings (SSSR count). The number of aliphatic carboxylic acids is 1. The van der Waals surface area contributed by atoms with Crippen molar-refractivity contribution in [2.45, 2.75) is 39.1 Å². The van der Waals surface area contributed by atoms with Crippen LogP contribution in [0.25, 0.3) is 43.0 Å². The zero-order valence-corrected chi connectivity index (χ0v) is 39.0. The largest absolute Gasteiger partial charge is 0.496 e. The molecule has 0 amide bonds. The smallest absolute Gasteiger partial charge is 0.345 e. The third-order valence-electron chi connectivity index (χ3n) is 11.9. The number of methoxy groups -OCH3 is 1. The standard InChI is InChI=1S/C50H46Cl2FN5O7S/c1-28-41-29(2)45(52)46(44(28)51)64-35(24-58-20-18-57(3)19-21-58)26-62-34-16-17-38(63-25-33-8-7-10-37(56-33)36-9-5-6-11-39(36)61-4)31(22-34)23-40(50(59)60)65-48-43-42(41)47(66-49(43)55-27-54-48)30-12-14-32(53)15-13-30/h5-17,22,27,35,40H,18-21,23-26H2,1-4H3,(H,59,60)/t35-,40-/m1/s1. The number of likely N-dealkylation sites (N-methyl/N-ethyl adjacent to an activating group) is 1. The number of hydrogen-bond acceptors (Lipinski definition) is 12. The van der Waals surface area contributed by atoms with Gasteiger partial charge in [-0.05, 0) is 97.7 Å². The van der Waals surface area contributed by atoms with Gasteiger partial charge in [-0.3, -0.25) is 4.90 Å². The Kier molecular flexibility index (Phi) is 13.3. The minimum atomic E-state index is -1.46. The van der Waals surface area contributed by atoms with E-state index in [1.54, 1.807) is 37.4 Å². The molecule has 6 heterocycles. The Morgan fingerprint density at radius 3 is 2.41 bits per heavy atom. The van der Waals surface area contributed by atoms with Crippen LogP contribution in [0.2, 0.25) is 10.0 Å². The highest BCUT2D eigenvalue weighted by Crippen LogP contribution is 2.53. The second-order valence-corrected chi connectivity index (χ2v) is 18.1. The lowest BCUT2D eigenvalue weighted by Crippen LogP contribution is -2.49. The number of pyridine rings is 1. The molecule has 7 aromatic rings. The average Bonchev–Trinajstić information content (AvgIpc) is 3.71. The average molecular weight is 951 g/mol. The number of carboxylic acid groups (broad SMARTS) is 1. The van der Waals surface area contributed by atoms with Gasteiger partial charge in [0.25, 0.3) is 0 Å². The Morgan fingerprint density at radius 2 is 1.67 bits per heavy atom. The van der Waals surface area contributed by atoms with Crippen molar-refractivity contribution < 1.29 is 38.0 Å². The van der Waals surface area contributed by atoms with Gasteiger partial charge in [0.2, 0.25) is 12.0 Å². The predicted octanol–water partition coefficient (Wildman–Crippen LogP) is 10.2. The van der Waals surface area contributed by atoms with Gasteiger partial charge in [0, 0.05) is 60.7 Å². The maximum absolute atomic E-state index is 14.4. The second kappa shape index (κ2) is 19.4. The highest BCUT2D eigenvalue weighted by atomic mass is 35.5. The van der Waals surface area contributed by atoms with E-state index in [4.69, 9.17) is 51.9 Å². The molecule has 0 unspecified atom stereocenters. The highest BCUT2D eigenvalue weighted by Gasteiger charge is 2.32. The number of benzene rings is 4. The molecule has 1 N–H and O–H groups in total. The van der Waals surface area contributed by atoms with Gasteiger partial charge in [0.1, 0.15) is 53.5 Å². The number of ether oxygens (including phenoxy) is 5. The van der Waals surface area contributed by atoms with E-state index in [0.29, 0.717) is 99.5 Å². The summed E-state index contributed by atoms with van der Waals surface area (Å²) in [5, 5.41) is 11.9. The molecule has 0 radical (unpaired) electrons. The van der Waals surface area contributed by atoms with Crippen LogP contribution < -0.4 is 23.7 Å². The number of rotatable bonds is 9. The van der Waals surface area contributed by atoms with E-state index < -0.39 is 24.0 Å². The molecule has 12 nitrogen and oxygen atoms in total. The molecule has 340 valence electrons. The summed E-state index contributed by atoms with van der Waals surface area (Å²) in [7, 11) is 3.72. The lowest BCUT2D eigenvalue weighted by molar-refractivity contribution is -0.145. The summed E-state index contributed by atoms with van der Waals surface area (Å²) in [5.74, 6) is 0.279. The molecule has 0 spiro atoms. The molecule has 0 saturated carbocycles. The Labute approximate surface area is 395 Å². The van der Waals surface area contributed by atoms with E-state index in [1.807, 2.05) is 56.3 Å². The molecule has 3 aliphatic heterocycles. The van der Waals surface area contributed by atoms with Crippen LogP contribution in [0.1, 0.15) is 22.4 Å². The lowest BCUT2D eigenvalue weighted by Gasteiger charge is -2.35. The number of carboxylic acids is 1. The topological polar surface area (TPSA) is 129 Å². The number of thiophene rings is 1. The Morgan fingerprint density at radius 1 is 0.909 bits per heavy atom. The minimum Gasteiger partial charge on any atom is -0.496 e. The maximum Gasteiger partial charge on any atom is 0.345 e. The normalized spacial score (nSPS) is 16.8. The second-order valence-electron chi connectivity index (χ2n) is 16.3. The van der Waals surface area contributed by atoms with Gasteiger partial charge in [-0.1, -0.05) is 53.5 Å². The quantitative estimate of drug-likeness (QED) is 0.148. The molecule has 3 aliphatic rings. The Balaban J connectivity index is 1.16. The van der Waals surface area contributed by atoms with Crippen molar-refractivity contribution in [3.8, 4) is 61.7 Å². The van der Waals surface area contributed by atoms with Gasteiger partial charge in [-0.15, -0.1) is 11.3 Å². The molecule has 1 saturated heterocycles. The van der Waals surface area contributed by atoms with E-state index in [0.717, 1.165) is 31.7 Å². The van der Waals surface area contributed by atoms with Gasteiger partial charge in [0.05, 0.1) is 33.9 Å². The first-order valence-electron chi connectivity index (χ1n) is 21.4. The molecule has 3 aromatic heterocycles. The van der Waals surface area contributed by atoms with Crippen LogP contribution >= 0.6 is 34.5 Å². The van der Waals surface area contributed by atoms with Crippen molar-refractivity contribution in [1.29, 1.82) is 0 Å². The fourth-order valence-corrected chi connectivity index (χ4v) is 10.1. The summed E-state index contributed by atoms with van der Waals surface area (Å²) < 4.78 is 46.3. The number of hydrogen-bond donors (Lipinski definition) is 1. The zero-order chi connectivity index (χ0) is 46.1. The predicted molar refractivity (Wildman–Crippen MR) is 254 cm³/mol. The van der Waals surface area contributed by atoms with E-state index >= 15 is 0 Å². The van der Waals surface area contributed by atoms with Gasteiger partial charge in [-0.25, -0.2) is 24.1 Å². The van der Waals surface area contributed by atoms with Crippen molar-refractivity contribution in [2.24, 2.45) is 0 Å². The number of para-hydroxylation sites is 1. The van der Waals surface area contributed by atoms with Crippen LogP contribution in [0.4, 0.5) is 4.39 Å². The van der Waals surface area contributed by atoms with Gasteiger partial charge < -0.3 is 33.7 Å². The number of aromatic nitrogens is 3. The highest BCUT2D eigenvalue weighted by molar-refractivity contribution is 7.22. The van der Waals surface area contributed by atoms with E-state index in [1.165, 1.54) is 29.8 Å². The summed E-state index contributed by atoms with van der Waals surface area (Å²) in [6.45, 7) is 7.94.